The van der Waals surface area contributed by atoms with Gasteiger partial charge in [-0.3, -0.25) is 0 Å². The molecule has 0 bridgehead atoms. The van der Waals surface area contributed by atoms with Crippen molar-refractivity contribution in [2.24, 2.45) is 0 Å². The second-order valence-electron chi connectivity index (χ2n) is 5.40. The number of aromatic nitrogens is 3. The van der Waals surface area contributed by atoms with Crippen LogP contribution in [-0.2, 0) is 0 Å². The van der Waals surface area contributed by atoms with Gasteiger partial charge in [-0.05, 0) is 31.2 Å². The second-order valence-corrected chi connectivity index (χ2v) is 6.69. The molecule has 0 N–H and O–H groups in total. The van der Waals surface area contributed by atoms with Gasteiger partial charge in [0, 0.05) is 11.5 Å². The van der Waals surface area contributed by atoms with Gasteiger partial charge in [0.25, 0.3) is 5.22 Å². The van der Waals surface area contributed by atoms with E-state index in [2.05, 4.69) is 15.1 Å². The Hall–Kier alpha value is -2.15. The molecule has 0 aliphatic heterocycles. The quantitative estimate of drug-likeness (QED) is 0.622. The molecule has 0 radical (unpaired) electrons. The van der Waals surface area contributed by atoms with Crippen molar-refractivity contribution in [3.63, 3.8) is 0 Å². The first kappa shape index (κ1) is 15.7. The first-order valence-electron chi connectivity index (χ1n) is 7.25. The lowest BCUT2D eigenvalue weighted by atomic mass is 10.2. The molecular formula is C16H16FN3O2S. The average molecular weight is 333 g/mol. The smallest absolute Gasteiger partial charge is 0.256 e. The SMILES string of the molecule is CC(C)c1noc([C@H](C)Sc2ncc(-c3ccc(F)cc3)o2)n1. The fraction of sp³-hybridized carbons (Fsp3) is 0.312. The Morgan fingerprint density at radius 1 is 1.13 bits per heavy atom. The lowest BCUT2D eigenvalue weighted by Gasteiger charge is -2.02. The Morgan fingerprint density at radius 3 is 2.52 bits per heavy atom. The fourth-order valence-electron chi connectivity index (χ4n) is 1.91. The summed E-state index contributed by atoms with van der Waals surface area (Å²) in [5.41, 5.74) is 0.776. The zero-order valence-corrected chi connectivity index (χ0v) is 13.8. The van der Waals surface area contributed by atoms with Gasteiger partial charge in [0.05, 0.1) is 11.4 Å². The number of rotatable bonds is 5. The predicted molar refractivity (Wildman–Crippen MR) is 84.6 cm³/mol. The van der Waals surface area contributed by atoms with Crippen molar-refractivity contribution >= 4 is 11.8 Å². The number of oxazole rings is 1. The molecule has 0 saturated carbocycles. The first-order valence-corrected chi connectivity index (χ1v) is 8.13. The van der Waals surface area contributed by atoms with Crippen LogP contribution in [0.1, 0.15) is 43.7 Å². The van der Waals surface area contributed by atoms with E-state index < -0.39 is 0 Å². The minimum atomic E-state index is -0.283. The van der Waals surface area contributed by atoms with Crippen molar-refractivity contribution in [1.29, 1.82) is 0 Å². The molecule has 0 fully saturated rings. The third-order valence-corrected chi connectivity index (χ3v) is 4.16. The Balaban J connectivity index is 1.71. The van der Waals surface area contributed by atoms with Crippen LogP contribution in [0.2, 0.25) is 0 Å². The Kier molecular flexibility index (Phi) is 4.47. The van der Waals surface area contributed by atoms with Crippen molar-refractivity contribution in [1.82, 2.24) is 15.1 Å². The van der Waals surface area contributed by atoms with Gasteiger partial charge >= 0.3 is 0 Å². The maximum atomic E-state index is 13.0. The number of thioether (sulfide) groups is 1. The van der Waals surface area contributed by atoms with Gasteiger partial charge in [-0.1, -0.05) is 30.8 Å². The molecule has 3 rings (SSSR count). The van der Waals surface area contributed by atoms with E-state index in [9.17, 15) is 4.39 Å². The van der Waals surface area contributed by atoms with E-state index in [4.69, 9.17) is 8.94 Å². The lowest BCUT2D eigenvalue weighted by molar-refractivity contribution is 0.372. The van der Waals surface area contributed by atoms with Crippen LogP contribution in [0.5, 0.6) is 0 Å². The van der Waals surface area contributed by atoms with Gasteiger partial charge in [-0.15, -0.1) is 0 Å². The highest BCUT2D eigenvalue weighted by atomic mass is 32.2. The maximum absolute atomic E-state index is 13.0. The first-order chi connectivity index (χ1) is 11.0. The van der Waals surface area contributed by atoms with E-state index in [0.717, 1.165) is 5.56 Å². The van der Waals surface area contributed by atoms with Gasteiger partial charge in [0.2, 0.25) is 5.89 Å². The topological polar surface area (TPSA) is 65.0 Å². The summed E-state index contributed by atoms with van der Waals surface area (Å²) in [5, 5.41) is 4.38. The highest BCUT2D eigenvalue weighted by Gasteiger charge is 2.19. The average Bonchev–Trinajstić information content (AvgIpc) is 3.17. The maximum Gasteiger partial charge on any atom is 0.256 e. The number of halogens is 1. The van der Waals surface area contributed by atoms with Gasteiger partial charge in [0.1, 0.15) is 5.82 Å². The van der Waals surface area contributed by atoms with Crippen LogP contribution in [0, 0.1) is 5.82 Å². The van der Waals surface area contributed by atoms with Gasteiger partial charge < -0.3 is 8.94 Å². The fourth-order valence-corrected chi connectivity index (χ4v) is 2.66. The van der Waals surface area contributed by atoms with Crippen LogP contribution in [0.15, 0.2) is 44.6 Å². The number of benzene rings is 1. The molecule has 0 unspecified atom stereocenters. The minimum Gasteiger partial charge on any atom is -0.431 e. The monoisotopic (exact) mass is 333 g/mol. The zero-order chi connectivity index (χ0) is 16.4. The van der Waals surface area contributed by atoms with E-state index >= 15 is 0 Å². The molecular weight excluding hydrogens is 317 g/mol. The summed E-state index contributed by atoms with van der Waals surface area (Å²) in [4.78, 5) is 8.61. The van der Waals surface area contributed by atoms with Gasteiger partial charge in [-0.2, -0.15) is 4.98 Å². The Labute approximate surface area is 137 Å². The molecule has 7 heteroatoms. The molecule has 2 heterocycles. The summed E-state index contributed by atoms with van der Waals surface area (Å²) in [6, 6.07) is 6.08. The van der Waals surface area contributed by atoms with Crippen molar-refractivity contribution < 1.29 is 13.3 Å². The largest absolute Gasteiger partial charge is 0.431 e. The summed E-state index contributed by atoms with van der Waals surface area (Å²) >= 11 is 1.39. The van der Waals surface area contributed by atoms with Gasteiger partial charge in [0.15, 0.2) is 11.6 Å². The normalized spacial score (nSPS) is 12.7. The molecule has 120 valence electrons. The highest BCUT2D eigenvalue weighted by Crippen LogP contribution is 2.35. The van der Waals surface area contributed by atoms with Crippen LogP contribution >= 0.6 is 11.8 Å². The van der Waals surface area contributed by atoms with E-state index in [0.29, 0.717) is 22.7 Å². The molecule has 1 aromatic carbocycles. The summed E-state index contributed by atoms with van der Waals surface area (Å²) < 4.78 is 23.9. The van der Waals surface area contributed by atoms with E-state index in [1.807, 2.05) is 20.8 Å². The van der Waals surface area contributed by atoms with E-state index in [1.54, 1.807) is 18.3 Å². The van der Waals surface area contributed by atoms with Crippen molar-refractivity contribution in [3.05, 3.63) is 48.0 Å². The lowest BCUT2D eigenvalue weighted by Crippen LogP contribution is -1.92. The summed E-state index contributed by atoms with van der Waals surface area (Å²) in [6.07, 6.45) is 1.62. The third kappa shape index (κ3) is 3.61. The molecule has 0 amide bonds. The van der Waals surface area contributed by atoms with Crippen LogP contribution < -0.4 is 0 Å². The molecule has 23 heavy (non-hydrogen) atoms. The molecule has 1 atom stereocenters. The van der Waals surface area contributed by atoms with Crippen LogP contribution in [0.4, 0.5) is 4.39 Å². The Morgan fingerprint density at radius 2 is 1.87 bits per heavy atom. The molecule has 0 saturated heterocycles. The van der Waals surface area contributed by atoms with Crippen LogP contribution in [-0.4, -0.2) is 15.1 Å². The summed E-state index contributed by atoms with van der Waals surface area (Å²) in [6.45, 7) is 5.97. The standard InChI is InChI=1S/C16H16FN3O2S/c1-9(2)14-19-15(22-20-14)10(3)23-16-18-8-13(21-16)11-4-6-12(17)7-5-11/h4-10H,1-3H3/t10-/m0/s1. The Bertz CT molecular complexity index is 783. The molecule has 2 aromatic heterocycles. The number of hydrogen-bond donors (Lipinski definition) is 0. The van der Waals surface area contributed by atoms with Crippen molar-refractivity contribution in [2.75, 3.05) is 0 Å². The number of hydrogen-bond acceptors (Lipinski definition) is 6. The molecule has 5 nitrogen and oxygen atoms in total. The third-order valence-electron chi connectivity index (χ3n) is 3.21. The van der Waals surface area contributed by atoms with Crippen molar-refractivity contribution in [3.8, 4) is 11.3 Å². The van der Waals surface area contributed by atoms with E-state index in [-0.39, 0.29) is 17.0 Å². The molecule has 0 spiro atoms. The minimum absolute atomic E-state index is 0.0743. The highest BCUT2D eigenvalue weighted by molar-refractivity contribution is 7.99. The van der Waals surface area contributed by atoms with Crippen molar-refractivity contribution in [2.45, 2.75) is 37.2 Å². The van der Waals surface area contributed by atoms with Gasteiger partial charge in [-0.25, -0.2) is 9.37 Å². The second kappa shape index (κ2) is 6.54. The molecule has 0 aliphatic carbocycles. The molecule has 3 aromatic rings. The van der Waals surface area contributed by atoms with Crippen LogP contribution in [0.3, 0.4) is 0 Å². The van der Waals surface area contributed by atoms with E-state index in [1.165, 1.54) is 23.9 Å². The predicted octanol–water partition coefficient (Wildman–Crippen LogP) is 4.84. The molecule has 0 aliphatic rings. The van der Waals surface area contributed by atoms with Crippen LogP contribution in [0.25, 0.3) is 11.3 Å². The number of nitrogens with zero attached hydrogens (tertiary/aromatic N) is 3. The summed E-state index contributed by atoms with van der Waals surface area (Å²) in [7, 11) is 0. The zero-order valence-electron chi connectivity index (χ0n) is 13.0. The summed E-state index contributed by atoms with van der Waals surface area (Å²) in [5.74, 6) is 1.76.